The van der Waals surface area contributed by atoms with E-state index in [-0.39, 0.29) is 42.1 Å². The van der Waals surface area contributed by atoms with Gasteiger partial charge >= 0.3 is 0 Å². The van der Waals surface area contributed by atoms with E-state index in [4.69, 9.17) is 9.26 Å². The van der Waals surface area contributed by atoms with Gasteiger partial charge in [0, 0.05) is 51.5 Å². The fourth-order valence-corrected chi connectivity index (χ4v) is 4.01. The van der Waals surface area contributed by atoms with Crippen molar-refractivity contribution in [2.75, 3.05) is 39.9 Å². The molecule has 8 nitrogen and oxygen atoms in total. The molecule has 0 aliphatic carbocycles. The molecule has 1 N–H and O–H groups in total. The Morgan fingerprint density at radius 3 is 2.76 bits per heavy atom. The molecule has 0 unspecified atom stereocenters. The lowest BCUT2D eigenvalue weighted by Gasteiger charge is -2.41. The Morgan fingerprint density at radius 1 is 1.40 bits per heavy atom. The van der Waals surface area contributed by atoms with Crippen LogP contribution in [0, 0.1) is 18.3 Å². The zero-order chi connectivity index (χ0) is 18.2. The Kier molecular flexibility index (Phi) is 4.83. The van der Waals surface area contributed by atoms with Crippen molar-refractivity contribution in [2.45, 2.75) is 26.9 Å². The van der Waals surface area contributed by atoms with Crippen molar-refractivity contribution in [1.29, 1.82) is 0 Å². The molecule has 2 aliphatic rings. The SMILES string of the molecule is COCc1c(C(=O)N2C[C@H]3CN(C(C)=O)CC[C@@]3(CO)C2)noc1C. The summed E-state index contributed by atoms with van der Waals surface area (Å²) in [4.78, 5) is 28.2. The first-order valence-electron chi connectivity index (χ1n) is 8.51. The quantitative estimate of drug-likeness (QED) is 0.845. The van der Waals surface area contributed by atoms with Gasteiger partial charge in [-0.05, 0) is 13.3 Å². The van der Waals surface area contributed by atoms with Crippen LogP contribution in [-0.2, 0) is 16.1 Å². The molecule has 0 radical (unpaired) electrons. The Balaban J connectivity index is 1.81. The lowest BCUT2D eigenvalue weighted by atomic mass is 9.73. The molecule has 2 saturated heterocycles. The number of hydrogen-bond donors (Lipinski definition) is 1. The van der Waals surface area contributed by atoms with Gasteiger partial charge in [-0.1, -0.05) is 5.16 Å². The van der Waals surface area contributed by atoms with Crippen LogP contribution >= 0.6 is 0 Å². The van der Waals surface area contributed by atoms with E-state index in [1.807, 2.05) is 0 Å². The van der Waals surface area contributed by atoms with Gasteiger partial charge in [0.25, 0.3) is 5.91 Å². The Bertz CT molecular complexity index is 673. The zero-order valence-corrected chi connectivity index (χ0v) is 14.9. The van der Waals surface area contributed by atoms with Gasteiger partial charge in [-0.15, -0.1) is 0 Å². The molecule has 1 aromatic rings. The number of carbonyl (C=O) groups is 2. The average Bonchev–Trinajstić information content (AvgIpc) is 3.15. The molecule has 1 aromatic heterocycles. The number of aryl methyl sites for hydroxylation is 1. The third kappa shape index (κ3) is 3.04. The molecule has 0 spiro atoms. The van der Waals surface area contributed by atoms with E-state index >= 15 is 0 Å². The van der Waals surface area contributed by atoms with Crippen molar-refractivity contribution < 1.29 is 24.0 Å². The molecule has 138 valence electrons. The minimum Gasteiger partial charge on any atom is -0.396 e. The molecule has 2 fully saturated rings. The second-order valence-electron chi connectivity index (χ2n) is 7.12. The van der Waals surface area contributed by atoms with Crippen LogP contribution in [0.5, 0.6) is 0 Å². The van der Waals surface area contributed by atoms with Crippen molar-refractivity contribution in [2.24, 2.45) is 11.3 Å². The Hall–Kier alpha value is -1.93. The summed E-state index contributed by atoms with van der Waals surface area (Å²) in [7, 11) is 1.56. The summed E-state index contributed by atoms with van der Waals surface area (Å²) in [6.07, 6.45) is 0.695. The number of likely N-dealkylation sites (tertiary alicyclic amines) is 2. The van der Waals surface area contributed by atoms with Gasteiger partial charge in [0.2, 0.25) is 5.91 Å². The van der Waals surface area contributed by atoms with E-state index in [0.29, 0.717) is 43.9 Å². The number of methoxy groups -OCH3 is 1. The monoisotopic (exact) mass is 351 g/mol. The molecule has 2 atom stereocenters. The lowest BCUT2D eigenvalue weighted by Crippen LogP contribution is -2.50. The number of carbonyl (C=O) groups excluding carboxylic acids is 2. The molecule has 2 amide bonds. The Morgan fingerprint density at radius 2 is 2.12 bits per heavy atom. The fourth-order valence-electron chi connectivity index (χ4n) is 4.01. The minimum atomic E-state index is -0.345. The predicted molar refractivity (Wildman–Crippen MR) is 87.7 cm³/mol. The van der Waals surface area contributed by atoms with Gasteiger partial charge in [-0.2, -0.15) is 0 Å². The third-order valence-corrected chi connectivity index (χ3v) is 5.66. The smallest absolute Gasteiger partial charge is 0.276 e. The van der Waals surface area contributed by atoms with Crippen molar-refractivity contribution >= 4 is 11.8 Å². The number of nitrogens with zero attached hydrogens (tertiary/aromatic N) is 3. The normalized spacial score (nSPS) is 26.0. The number of amides is 2. The van der Waals surface area contributed by atoms with Crippen molar-refractivity contribution in [1.82, 2.24) is 15.0 Å². The molecular weight excluding hydrogens is 326 g/mol. The predicted octanol–water partition coefficient (Wildman–Crippen LogP) is 0.432. The van der Waals surface area contributed by atoms with E-state index in [2.05, 4.69) is 5.16 Å². The molecule has 0 aromatic carbocycles. The van der Waals surface area contributed by atoms with Crippen LogP contribution in [0.3, 0.4) is 0 Å². The molecule has 0 saturated carbocycles. The largest absolute Gasteiger partial charge is 0.396 e. The summed E-state index contributed by atoms with van der Waals surface area (Å²) < 4.78 is 10.3. The van der Waals surface area contributed by atoms with E-state index < -0.39 is 0 Å². The van der Waals surface area contributed by atoms with Gasteiger partial charge in [0.15, 0.2) is 5.69 Å². The zero-order valence-electron chi connectivity index (χ0n) is 14.9. The van der Waals surface area contributed by atoms with Crippen molar-refractivity contribution in [3.05, 3.63) is 17.0 Å². The highest BCUT2D eigenvalue weighted by atomic mass is 16.5. The van der Waals surface area contributed by atoms with Crippen LogP contribution in [-0.4, -0.2) is 71.8 Å². The number of aliphatic hydroxyl groups excluding tert-OH is 1. The molecule has 3 rings (SSSR count). The third-order valence-electron chi connectivity index (χ3n) is 5.66. The number of hydrogen-bond acceptors (Lipinski definition) is 6. The first kappa shape index (κ1) is 17.9. The van der Waals surface area contributed by atoms with Crippen molar-refractivity contribution in [3.63, 3.8) is 0 Å². The maximum Gasteiger partial charge on any atom is 0.276 e. The first-order chi connectivity index (χ1) is 11.9. The highest BCUT2D eigenvalue weighted by Crippen LogP contribution is 2.43. The summed E-state index contributed by atoms with van der Waals surface area (Å²) >= 11 is 0. The van der Waals surface area contributed by atoms with E-state index in [1.165, 1.54) is 0 Å². The molecule has 8 heteroatoms. The van der Waals surface area contributed by atoms with Crippen LogP contribution in [0.4, 0.5) is 0 Å². The highest BCUT2D eigenvalue weighted by Gasteiger charge is 2.51. The number of aromatic nitrogens is 1. The van der Waals surface area contributed by atoms with Crippen LogP contribution in [0.15, 0.2) is 4.52 Å². The number of ether oxygens (including phenoxy) is 1. The maximum absolute atomic E-state index is 13.0. The molecule has 3 heterocycles. The summed E-state index contributed by atoms with van der Waals surface area (Å²) in [5.41, 5.74) is 0.585. The second kappa shape index (κ2) is 6.76. The second-order valence-corrected chi connectivity index (χ2v) is 7.12. The summed E-state index contributed by atoms with van der Waals surface area (Å²) in [6.45, 7) is 5.74. The average molecular weight is 351 g/mol. The van der Waals surface area contributed by atoms with Crippen LogP contribution in [0.25, 0.3) is 0 Å². The summed E-state index contributed by atoms with van der Waals surface area (Å²) in [5.74, 6) is 0.464. The van der Waals surface area contributed by atoms with E-state index in [9.17, 15) is 14.7 Å². The van der Waals surface area contributed by atoms with Gasteiger partial charge < -0.3 is 24.2 Å². The van der Waals surface area contributed by atoms with E-state index in [1.54, 1.807) is 30.8 Å². The van der Waals surface area contributed by atoms with Gasteiger partial charge in [0.05, 0.1) is 18.8 Å². The Labute approximate surface area is 146 Å². The van der Waals surface area contributed by atoms with Gasteiger partial charge in [-0.25, -0.2) is 0 Å². The highest BCUT2D eigenvalue weighted by molar-refractivity contribution is 5.94. The van der Waals surface area contributed by atoms with Crippen molar-refractivity contribution in [3.8, 4) is 0 Å². The van der Waals surface area contributed by atoms with Gasteiger partial charge in [0.1, 0.15) is 5.76 Å². The number of rotatable bonds is 4. The first-order valence-corrected chi connectivity index (χ1v) is 8.51. The van der Waals surface area contributed by atoms with Crippen LogP contribution < -0.4 is 0 Å². The topological polar surface area (TPSA) is 96.1 Å². The number of aliphatic hydroxyl groups is 1. The maximum atomic E-state index is 13.0. The summed E-state index contributed by atoms with van der Waals surface area (Å²) in [6, 6.07) is 0. The molecule has 0 bridgehead atoms. The van der Waals surface area contributed by atoms with Crippen LogP contribution in [0.1, 0.15) is 35.2 Å². The fraction of sp³-hybridized carbons (Fsp3) is 0.706. The number of fused-ring (bicyclic) bond motifs is 1. The standard InChI is InChI=1S/C17H25N3O5/c1-11-14(8-24-3)15(18-25-11)16(23)20-7-13-6-19(12(2)22)5-4-17(13,9-20)10-21/h13,21H,4-10H2,1-3H3/t13-,17+/m1/s1. The van der Waals surface area contributed by atoms with Crippen LogP contribution in [0.2, 0.25) is 0 Å². The minimum absolute atomic E-state index is 0.00988. The lowest BCUT2D eigenvalue weighted by molar-refractivity contribution is -0.133. The number of piperidine rings is 1. The molecule has 25 heavy (non-hydrogen) atoms. The van der Waals surface area contributed by atoms with Gasteiger partial charge in [-0.3, -0.25) is 9.59 Å². The summed E-state index contributed by atoms with van der Waals surface area (Å²) in [5, 5.41) is 13.9. The van der Waals surface area contributed by atoms with E-state index in [0.717, 1.165) is 0 Å². The molecular formula is C17H25N3O5. The molecule has 2 aliphatic heterocycles.